The van der Waals surface area contributed by atoms with Crippen LogP contribution in [0.25, 0.3) is 0 Å². The van der Waals surface area contributed by atoms with Crippen LogP contribution in [-0.2, 0) is 4.79 Å². The molecule has 0 saturated carbocycles. The first-order valence-electron chi connectivity index (χ1n) is 7.23. The number of hydrogen-bond donors (Lipinski definition) is 0. The van der Waals surface area contributed by atoms with Crippen molar-refractivity contribution < 1.29 is 19.0 Å². The van der Waals surface area contributed by atoms with Crippen LogP contribution in [0, 0.1) is 13.8 Å². The Hall–Kier alpha value is -2.49. The first-order chi connectivity index (χ1) is 10.6. The van der Waals surface area contributed by atoms with Crippen molar-refractivity contribution in [1.82, 2.24) is 0 Å². The molecule has 2 rings (SSSR count). The maximum atomic E-state index is 12.0. The molecule has 0 fully saturated rings. The van der Waals surface area contributed by atoms with Crippen LogP contribution in [0.15, 0.2) is 42.5 Å². The lowest BCUT2D eigenvalue weighted by atomic mass is 10.1. The smallest absolute Gasteiger partial charge is 0.349 e. The van der Waals surface area contributed by atoms with Crippen LogP contribution >= 0.6 is 0 Å². The standard InChI is InChI=1S/C18H20O4/c1-4-20-15-10-5-6-11-16(15)22-17(19)12-21-18-13(2)8-7-9-14(18)3/h5-11H,4,12H2,1-3H3. The Morgan fingerprint density at radius 1 is 0.909 bits per heavy atom. The van der Waals surface area contributed by atoms with Gasteiger partial charge in [-0.15, -0.1) is 0 Å². The van der Waals surface area contributed by atoms with Crippen molar-refractivity contribution >= 4 is 5.97 Å². The van der Waals surface area contributed by atoms with Gasteiger partial charge in [-0.3, -0.25) is 0 Å². The van der Waals surface area contributed by atoms with E-state index in [4.69, 9.17) is 14.2 Å². The zero-order valence-corrected chi connectivity index (χ0v) is 13.1. The fourth-order valence-corrected chi connectivity index (χ4v) is 2.12. The highest BCUT2D eigenvalue weighted by Crippen LogP contribution is 2.27. The average Bonchev–Trinajstić information content (AvgIpc) is 2.49. The molecule has 2 aromatic carbocycles. The largest absolute Gasteiger partial charge is 0.490 e. The third kappa shape index (κ3) is 4.01. The number of carbonyl (C=O) groups is 1. The zero-order chi connectivity index (χ0) is 15.9. The molecule has 0 bridgehead atoms. The summed E-state index contributed by atoms with van der Waals surface area (Å²) in [6.45, 7) is 6.12. The Labute approximate surface area is 130 Å². The van der Waals surface area contributed by atoms with Crippen LogP contribution in [0.3, 0.4) is 0 Å². The minimum absolute atomic E-state index is 0.147. The van der Waals surface area contributed by atoms with E-state index in [1.54, 1.807) is 18.2 Å². The summed E-state index contributed by atoms with van der Waals surface area (Å²) in [4.78, 5) is 12.0. The molecule has 0 amide bonds. The number of carbonyl (C=O) groups excluding carboxylic acids is 1. The fraction of sp³-hybridized carbons (Fsp3) is 0.278. The van der Waals surface area contributed by atoms with Gasteiger partial charge in [-0.05, 0) is 44.0 Å². The second-order valence-electron chi connectivity index (χ2n) is 4.86. The second-order valence-corrected chi connectivity index (χ2v) is 4.86. The van der Waals surface area contributed by atoms with Crippen LogP contribution < -0.4 is 14.2 Å². The molecule has 116 valence electrons. The van der Waals surface area contributed by atoms with Crippen molar-refractivity contribution in [2.45, 2.75) is 20.8 Å². The molecule has 4 nitrogen and oxygen atoms in total. The van der Waals surface area contributed by atoms with Gasteiger partial charge in [-0.25, -0.2) is 4.79 Å². The van der Waals surface area contributed by atoms with Gasteiger partial charge in [-0.1, -0.05) is 30.3 Å². The summed E-state index contributed by atoms with van der Waals surface area (Å²) in [5, 5.41) is 0. The van der Waals surface area contributed by atoms with E-state index in [0.717, 1.165) is 16.9 Å². The second kappa shape index (κ2) is 7.50. The molecule has 0 atom stereocenters. The quantitative estimate of drug-likeness (QED) is 0.603. The molecule has 0 unspecified atom stereocenters. The highest BCUT2D eigenvalue weighted by atomic mass is 16.6. The van der Waals surface area contributed by atoms with Gasteiger partial charge in [0.25, 0.3) is 0 Å². The number of benzene rings is 2. The van der Waals surface area contributed by atoms with Gasteiger partial charge in [0.15, 0.2) is 18.1 Å². The Bertz CT molecular complexity index is 629. The molecule has 0 aliphatic rings. The topological polar surface area (TPSA) is 44.8 Å². The van der Waals surface area contributed by atoms with Crippen molar-refractivity contribution in [2.75, 3.05) is 13.2 Å². The summed E-state index contributed by atoms with van der Waals surface area (Å²) in [6.07, 6.45) is 0. The Morgan fingerprint density at radius 2 is 1.55 bits per heavy atom. The Balaban J connectivity index is 1.99. The summed E-state index contributed by atoms with van der Waals surface area (Å²) >= 11 is 0. The molecule has 22 heavy (non-hydrogen) atoms. The van der Waals surface area contributed by atoms with Crippen LogP contribution in [0.4, 0.5) is 0 Å². The highest BCUT2D eigenvalue weighted by Gasteiger charge is 2.12. The number of ether oxygens (including phenoxy) is 3. The van der Waals surface area contributed by atoms with Gasteiger partial charge < -0.3 is 14.2 Å². The predicted molar refractivity (Wildman–Crippen MR) is 84.7 cm³/mol. The van der Waals surface area contributed by atoms with E-state index in [0.29, 0.717) is 18.1 Å². The first-order valence-corrected chi connectivity index (χ1v) is 7.23. The van der Waals surface area contributed by atoms with Crippen LogP contribution in [0.2, 0.25) is 0 Å². The van der Waals surface area contributed by atoms with E-state index >= 15 is 0 Å². The lowest BCUT2D eigenvalue weighted by Crippen LogP contribution is -2.18. The molecular weight excluding hydrogens is 280 g/mol. The van der Waals surface area contributed by atoms with Crippen molar-refractivity contribution in [3.05, 3.63) is 53.6 Å². The molecule has 0 saturated heterocycles. The summed E-state index contributed by atoms with van der Waals surface area (Å²) in [5.74, 6) is 1.21. The molecule has 0 aliphatic heterocycles. The summed E-state index contributed by atoms with van der Waals surface area (Å²) < 4.78 is 16.3. The van der Waals surface area contributed by atoms with Crippen LogP contribution in [0.1, 0.15) is 18.1 Å². The van der Waals surface area contributed by atoms with Crippen LogP contribution in [0.5, 0.6) is 17.2 Å². The van der Waals surface area contributed by atoms with Crippen molar-refractivity contribution in [3.63, 3.8) is 0 Å². The summed E-state index contributed by atoms with van der Waals surface area (Å²) in [6, 6.07) is 12.9. The Morgan fingerprint density at radius 3 is 2.18 bits per heavy atom. The van der Waals surface area contributed by atoms with Gasteiger partial charge in [0, 0.05) is 0 Å². The molecule has 0 heterocycles. The number of hydrogen-bond acceptors (Lipinski definition) is 4. The zero-order valence-electron chi connectivity index (χ0n) is 13.1. The number of para-hydroxylation sites is 3. The molecule has 0 aromatic heterocycles. The molecule has 0 radical (unpaired) electrons. The highest BCUT2D eigenvalue weighted by molar-refractivity contribution is 5.74. The van der Waals surface area contributed by atoms with Gasteiger partial charge in [0.1, 0.15) is 5.75 Å². The number of rotatable bonds is 6. The minimum Gasteiger partial charge on any atom is -0.490 e. The van der Waals surface area contributed by atoms with Gasteiger partial charge in [-0.2, -0.15) is 0 Å². The first kappa shape index (κ1) is 15.9. The van der Waals surface area contributed by atoms with E-state index in [9.17, 15) is 4.79 Å². The molecule has 4 heteroatoms. The van der Waals surface area contributed by atoms with Crippen molar-refractivity contribution in [2.24, 2.45) is 0 Å². The Kier molecular flexibility index (Phi) is 5.42. The van der Waals surface area contributed by atoms with Crippen molar-refractivity contribution in [3.8, 4) is 17.2 Å². The van der Waals surface area contributed by atoms with Gasteiger partial charge in [0.05, 0.1) is 6.61 Å². The maximum absolute atomic E-state index is 12.0. The van der Waals surface area contributed by atoms with Gasteiger partial charge in [0.2, 0.25) is 0 Å². The normalized spacial score (nSPS) is 10.1. The molecule has 0 aliphatic carbocycles. The third-order valence-electron chi connectivity index (χ3n) is 3.12. The van der Waals surface area contributed by atoms with E-state index in [2.05, 4.69) is 0 Å². The van der Waals surface area contributed by atoms with E-state index in [-0.39, 0.29) is 6.61 Å². The lowest BCUT2D eigenvalue weighted by Gasteiger charge is -2.13. The summed E-state index contributed by atoms with van der Waals surface area (Å²) in [7, 11) is 0. The third-order valence-corrected chi connectivity index (χ3v) is 3.12. The average molecular weight is 300 g/mol. The number of aryl methyl sites for hydroxylation is 2. The predicted octanol–water partition coefficient (Wildman–Crippen LogP) is 3.69. The molecule has 2 aromatic rings. The van der Waals surface area contributed by atoms with Crippen LogP contribution in [-0.4, -0.2) is 19.2 Å². The monoisotopic (exact) mass is 300 g/mol. The van der Waals surface area contributed by atoms with Crippen molar-refractivity contribution in [1.29, 1.82) is 0 Å². The lowest BCUT2D eigenvalue weighted by molar-refractivity contribution is -0.136. The molecule has 0 N–H and O–H groups in total. The number of esters is 1. The van der Waals surface area contributed by atoms with E-state index in [1.807, 2.05) is 45.0 Å². The van der Waals surface area contributed by atoms with E-state index < -0.39 is 5.97 Å². The summed E-state index contributed by atoms with van der Waals surface area (Å²) in [5.41, 5.74) is 1.98. The SMILES string of the molecule is CCOc1ccccc1OC(=O)COc1c(C)cccc1C. The fourth-order valence-electron chi connectivity index (χ4n) is 2.12. The molecular formula is C18H20O4. The molecule has 0 spiro atoms. The van der Waals surface area contributed by atoms with Gasteiger partial charge >= 0.3 is 5.97 Å². The minimum atomic E-state index is -0.463. The van der Waals surface area contributed by atoms with E-state index in [1.165, 1.54) is 0 Å². The maximum Gasteiger partial charge on any atom is 0.349 e.